The van der Waals surface area contributed by atoms with E-state index in [2.05, 4.69) is 22.6 Å². The molecule has 2 aromatic rings. The number of hydrogen-bond donors (Lipinski definition) is 0. The number of halogens is 1. The van der Waals surface area contributed by atoms with Crippen molar-refractivity contribution in [3.63, 3.8) is 0 Å². The Bertz CT molecular complexity index is 858. The molecule has 2 rings (SSSR count). The van der Waals surface area contributed by atoms with Gasteiger partial charge in [-0.05, 0) is 52.4 Å². The van der Waals surface area contributed by atoms with Gasteiger partial charge in [0.1, 0.15) is 0 Å². The largest absolute Gasteiger partial charge is 0.289 e. The van der Waals surface area contributed by atoms with Crippen LogP contribution in [-0.2, 0) is 10.0 Å². The third-order valence-corrected chi connectivity index (χ3v) is 6.01. The molecular weight excluding hydrogens is 425 g/mol. The molecule has 4 nitrogen and oxygen atoms in total. The van der Waals surface area contributed by atoms with Crippen LogP contribution >= 0.6 is 22.6 Å². The minimum absolute atomic E-state index is 0.107. The molecule has 0 unspecified atom stereocenters. The fourth-order valence-corrected chi connectivity index (χ4v) is 3.41. The molecule has 0 bridgehead atoms. The predicted molar refractivity (Wildman–Crippen MR) is 99.8 cm³/mol. The van der Waals surface area contributed by atoms with Crippen LogP contribution in [0.1, 0.15) is 15.9 Å². The molecule has 0 aromatic heterocycles. The van der Waals surface area contributed by atoms with Crippen LogP contribution in [0.4, 0.5) is 0 Å². The summed E-state index contributed by atoms with van der Waals surface area (Å²) in [5.41, 5.74) is 1.29. The first-order valence-electron chi connectivity index (χ1n) is 6.82. The molecular formula is C17H16INO3S. The highest BCUT2D eigenvalue weighted by Crippen LogP contribution is 2.17. The summed E-state index contributed by atoms with van der Waals surface area (Å²) in [6.07, 6.45) is 3.19. The maximum absolute atomic E-state index is 12.3. The van der Waals surface area contributed by atoms with Gasteiger partial charge in [0.05, 0.1) is 4.90 Å². The van der Waals surface area contributed by atoms with E-state index >= 15 is 0 Å². The zero-order valence-electron chi connectivity index (χ0n) is 12.7. The van der Waals surface area contributed by atoms with Crippen LogP contribution in [0, 0.1) is 3.57 Å². The minimum atomic E-state index is -3.55. The van der Waals surface area contributed by atoms with Gasteiger partial charge < -0.3 is 0 Å². The van der Waals surface area contributed by atoms with Gasteiger partial charge in [-0.1, -0.05) is 36.4 Å². The fraction of sp³-hybridized carbons (Fsp3) is 0.118. The number of nitrogens with zero attached hydrogens (tertiary/aromatic N) is 1. The van der Waals surface area contributed by atoms with Gasteiger partial charge in [-0.15, -0.1) is 0 Å². The van der Waals surface area contributed by atoms with Gasteiger partial charge in [-0.25, -0.2) is 12.7 Å². The van der Waals surface area contributed by atoms with E-state index in [1.165, 1.54) is 32.3 Å². The van der Waals surface area contributed by atoms with Crippen molar-refractivity contribution in [2.45, 2.75) is 4.90 Å². The summed E-state index contributed by atoms with van der Waals surface area (Å²) in [6.45, 7) is 0. The summed E-state index contributed by atoms with van der Waals surface area (Å²) in [6, 6.07) is 13.8. The molecule has 0 spiro atoms. The minimum Gasteiger partial charge on any atom is -0.289 e. The number of benzene rings is 2. The van der Waals surface area contributed by atoms with E-state index in [4.69, 9.17) is 0 Å². The Balaban J connectivity index is 2.29. The second-order valence-electron chi connectivity index (χ2n) is 5.03. The molecule has 0 N–H and O–H groups in total. The summed E-state index contributed by atoms with van der Waals surface area (Å²) in [5.74, 6) is -0.236. The van der Waals surface area contributed by atoms with E-state index in [-0.39, 0.29) is 10.7 Å². The SMILES string of the molecule is CN(C)S(=O)(=O)c1cccc(C(=O)/C=C/c2ccccc2I)c1. The van der Waals surface area contributed by atoms with Gasteiger partial charge in [0.2, 0.25) is 10.0 Å². The van der Waals surface area contributed by atoms with Crippen LogP contribution in [0.15, 0.2) is 59.5 Å². The maximum atomic E-state index is 12.3. The lowest BCUT2D eigenvalue weighted by Gasteiger charge is -2.11. The highest BCUT2D eigenvalue weighted by atomic mass is 127. The molecule has 0 heterocycles. The van der Waals surface area contributed by atoms with E-state index in [1.807, 2.05) is 24.3 Å². The average molecular weight is 441 g/mol. The van der Waals surface area contributed by atoms with E-state index in [9.17, 15) is 13.2 Å². The topological polar surface area (TPSA) is 54.5 Å². The van der Waals surface area contributed by atoms with Crippen molar-refractivity contribution < 1.29 is 13.2 Å². The normalized spacial score (nSPS) is 12.0. The van der Waals surface area contributed by atoms with Gasteiger partial charge in [-0.3, -0.25) is 4.79 Å². The first-order chi connectivity index (χ1) is 10.8. The monoisotopic (exact) mass is 441 g/mol. The number of sulfonamides is 1. The molecule has 2 aromatic carbocycles. The molecule has 120 valence electrons. The number of ketones is 1. The maximum Gasteiger partial charge on any atom is 0.242 e. The highest BCUT2D eigenvalue weighted by Gasteiger charge is 2.18. The molecule has 0 radical (unpaired) electrons. The molecule has 0 saturated carbocycles. The lowest BCUT2D eigenvalue weighted by molar-refractivity contribution is 0.104. The van der Waals surface area contributed by atoms with Crippen molar-refractivity contribution in [3.8, 4) is 0 Å². The molecule has 0 aliphatic carbocycles. The van der Waals surface area contributed by atoms with Crippen molar-refractivity contribution in [1.29, 1.82) is 0 Å². The second-order valence-corrected chi connectivity index (χ2v) is 8.35. The van der Waals surface area contributed by atoms with Crippen LogP contribution < -0.4 is 0 Å². The van der Waals surface area contributed by atoms with Crippen molar-refractivity contribution >= 4 is 44.5 Å². The smallest absolute Gasteiger partial charge is 0.242 e. The molecule has 6 heteroatoms. The first kappa shape index (κ1) is 17.8. The third-order valence-electron chi connectivity index (χ3n) is 3.22. The van der Waals surface area contributed by atoms with Gasteiger partial charge in [-0.2, -0.15) is 0 Å². The Labute approximate surface area is 150 Å². The van der Waals surface area contributed by atoms with Crippen LogP contribution in [0.2, 0.25) is 0 Å². The van der Waals surface area contributed by atoms with Gasteiger partial charge >= 0.3 is 0 Å². The molecule has 23 heavy (non-hydrogen) atoms. The Morgan fingerprint density at radius 3 is 2.43 bits per heavy atom. The predicted octanol–water partition coefficient (Wildman–Crippen LogP) is 3.44. The molecule has 0 aliphatic rings. The van der Waals surface area contributed by atoms with E-state index in [1.54, 1.807) is 18.2 Å². The number of carbonyl (C=O) groups excluding carboxylic acids is 1. The highest BCUT2D eigenvalue weighted by molar-refractivity contribution is 14.1. The standard InChI is InChI=1S/C17H16INO3S/c1-19(2)23(21,22)15-8-5-7-14(12-15)17(20)11-10-13-6-3-4-9-16(13)18/h3-12H,1-2H3/b11-10+. The van der Waals surface area contributed by atoms with Gasteiger partial charge in [0, 0.05) is 23.2 Å². The van der Waals surface area contributed by atoms with Crippen molar-refractivity contribution in [2.75, 3.05) is 14.1 Å². The quantitative estimate of drug-likeness (QED) is 0.406. The number of rotatable bonds is 5. The number of hydrogen-bond acceptors (Lipinski definition) is 3. The fourth-order valence-electron chi connectivity index (χ4n) is 1.89. The Morgan fingerprint density at radius 2 is 1.78 bits per heavy atom. The summed E-state index contributed by atoms with van der Waals surface area (Å²) in [7, 11) is -0.632. The zero-order chi connectivity index (χ0) is 17.0. The third kappa shape index (κ3) is 4.27. The number of carbonyl (C=O) groups is 1. The average Bonchev–Trinajstić information content (AvgIpc) is 2.53. The summed E-state index contributed by atoms with van der Waals surface area (Å²) in [5, 5.41) is 0. The van der Waals surface area contributed by atoms with E-state index in [0.29, 0.717) is 5.56 Å². The molecule has 0 saturated heterocycles. The van der Waals surface area contributed by atoms with Crippen molar-refractivity contribution in [3.05, 3.63) is 69.3 Å². The van der Waals surface area contributed by atoms with Crippen LogP contribution in [0.25, 0.3) is 6.08 Å². The van der Waals surface area contributed by atoms with Crippen LogP contribution in [-0.4, -0.2) is 32.6 Å². The van der Waals surface area contributed by atoms with E-state index in [0.717, 1.165) is 13.4 Å². The van der Waals surface area contributed by atoms with Gasteiger partial charge in [0.25, 0.3) is 0 Å². The molecule has 0 fully saturated rings. The summed E-state index contributed by atoms with van der Waals surface area (Å²) in [4.78, 5) is 12.4. The molecule has 0 atom stereocenters. The lowest BCUT2D eigenvalue weighted by Crippen LogP contribution is -2.22. The van der Waals surface area contributed by atoms with Crippen molar-refractivity contribution in [1.82, 2.24) is 4.31 Å². The zero-order valence-corrected chi connectivity index (χ0v) is 15.7. The summed E-state index contributed by atoms with van der Waals surface area (Å²) < 4.78 is 26.4. The Kier molecular flexibility index (Phi) is 5.72. The van der Waals surface area contributed by atoms with Crippen molar-refractivity contribution in [2.24, 2.45) is 0 Å². The summed E-state index contributed by atoms with van der Waals surface area (Å²) >= 11 is 2.20. The molecule has 0 aliphatic heterocycles. The second kappa shape index (κ2) is 7.37. The van der Waals surface area contributed by atoms with Crippen LogP contribution in [0.3, 0.4) is 0 Å². The Hall–Kier alpha value is -1.51. The first-order valence-corrected chi connectivity index (χ1v) is 9.34. The van der Waals surface area contributed by atoms with Gasteiger partial charge in [0.15, 0.2) is 5.78 Å². The van der Waals surface area contributed by atoms with Crippen LogP contribution in [0.5, 0.6) is 0 Å². The Morgan fingerprint density at radius 1 is 1.09 bits per heavy atom. The lowest BCUT2D eigenvalue weighted by atomic mass is 10.1. The molecule has 0 amide bonds. The van der Waals surface area contributed by atoms with E-state index < -0.39 is 10.0 Å². The number of allylic oxidation sites excluding steroid dienone is 1.